The first-order valence-electron chi connectivity index (χ1n) is 12.0. The van der Waals surface area contributed by atoms with E-state index < -0.39 is 4.92 Å². The van der Waals surface area contributed by atoms with Gasteiger partial charge in [-0.1, -0.05) is 12.0 Å². The standard InChI is InChI=1S/C28H25N9O3.BrH/c1-6-19-10-8-11-20(14-19)32-27-21-15-24(29-16-22(21)30-18-31-27)33-26(38)12-9-13-37(4,5)17-23-28(36(39)40)34-25(7-2)35(23)3;/h1-2,8-12,14-16,18H,13,17H2,3-5H3,(H-,29,30,31,32,33,38);1H/b12-9+;. The van der Waals surface area contributed by atoms with Gasteiger partial charge in [0.2, 0.25) is 5.91 Å². The number of nitrogens with zero attached hydrogens (tertiary/aromatic N) is 7. The normalized spacial score (nSPS) is 11.0. The summed E-state index contributed by atoms with van der Waals surface area (Å²) in [5.41, 5.74) is 2.48. The van der Waals surface area contributed by atoms with Crippen LogP contribution < -0.4 is 27.6 Å². The first kappa shape index (κ1) is 30.4. The third-order valence-electron chi connectivity index (χ3n) is 6.01. The Morgan fingerprint density at radius 2 is 1.98 bits per heavy atom. The van der Waals surface area contributed by atoms with Crippen LogP contribution in [0.1, 0.15) is 17.1 Å². The van der Waals surface area contributed by atoms with Crippen LogP contribution >= 0.6 is 0 Å². The van der Waals surface area contributed by atoms with Gasteiger partial charge in [-0.2, -0.15) is 0 Å². The van der Waals surface area contributed by atoms with Gasteiger partial charge < -0.3 is 42.2 Å². The lowest BCUT2D eigenvalue weighted by Crippen LogP contribution is -3.00. The summed E-state index contributed by atoms with van der Waals surface area (Å²) in [7, 11) is 5.41. The van der Waals surface area contributed by atoms with Gasteiger partial charge in [0.15, 0.2) is 5.69 Å². The van der Waals surface area contributed by atoms with E-state index in [4.69, 9.17) is 12.8 Å². The zero-order chi connectivity index (χ0) is 28.9. The van der Waals surface area contributed by atoms with E-state index in [1.54, 1.807) is 30.0 Å². The molecule has 0 bridgehead atoms. The van der Waals surface area contributed by atoms with Gasteiger partial charge in [-0.15, -0.1) is 12.8 Å². The SMILES string of the molecule is C#Cc1cccc(Nc2ncnc3cnc(NC(=O)/C=C/C[N+](C)(C)Cc4c([N+](=O)[O-])nc(C#C)n4C)cc23)c1.[Br-]. The molecule has 3 aromatic heterocycles. The van der Waals surface area contributed by atoms with Crippen LogP contribution in [0.15, 0.2) is 55.0 Å². The fourth-order valence-corrected chi connectivity index (χ4v) is 4.00. The Hall–Kier alpha value is -5.11. The average Bonchev–Trinajstić information content (AvgIpc) is 3.23. The van der Waals surface area contributed by atoms with Gasteiger partial charge in [0.1, 0.15) is 24.5 Å². The van der Waals surface area contributed by atoms with Crippen LogP contribution in [0.25, 0.3) is 10.9 Å². The number of amides is 1. The van der Waals surface area contributed by atoms with E-state index in [-0.39, 0.29) is 41.1 Å². The number of rotatable bonds is 9. The largest absolute Gasteiger partial charge is 1.00 e. The van der Waals surface area contributed by atoms with Crippen LogP contribution in [0.2, 0.25) is 0 Å². The Morgan fingerprint density at radius 1 is 1.20 bits per heavy atom. The predicted octanol–water partition coefficient (Wildman–Crippen LogP) is 0.148. The second-order valence-corrected chi connectivity index (χ2v) is 9.49. The van der Waals surface area contributed by atoms with Crippen molar-refractivity contribution in [1.29, 1.82) is 0 Å². The summed E-state index contributed by atoms with van der Waals surface area (Å²) in [5.74, 6) is 5.33. The number of likely N-dealkylation sites (N-methyl/N-ethyl adjacent to an activating group) is 1. The Balaban J connectivity index is 0.00000462. The Labute approximate surface area is 247 Å². The molecule has 0 saturated carbocycles. The third-order valence-corrected chi connectivity index (χ3v) is 6.01. The fraction of sp³-hybridized carbons (Fsp3) is 0.179. The van der Waals surface area contributed by atoms with Crippen molar-refractivity contribution < 1.29 is 31.2 Å². The molecule has 0 unspecified atom stereocenters. The number of terminal acetylenes is 2. The van der Waals surface area contributed by atoms with E-state index in [1.807, 2.05) is 38.4 Å². The van der Waals surface area contributed by atoms with Crippen molar-refractivity contribution in [2.45, 2.75) is 6.54 Å². The number of carbonyl (C=O) groups is 1. The highest BCUT2D eigenvalue weighted by atomic mass is 79.9. The van der Waals surface area contributed by atoms with Gasteiger partial charge in [-0.3, -0.25) is 9.36 Å². The summed E-state index contributed by atoms with van der Waals surface area (Å²) in [5, 5.41) is 18.1. The average molecular weight is 616 g/mol. The molecule has 0 radical (unpaired) electrons. The molecule has 0 atom stereocenters. The molecule has 0 fully saturated rings. The number of halogens is 1. The molecule has 208 valence electrons. The second-order valence-electron chi connectivity index (χ2n) is 9.49. The van der Waals surface area contributed by atoms with E-state index in [9.17, 15) is 14.9 Å². The molecular formula is C28H26BrN9O3. The molecule has 4 rings (SSSR count). The number of nitrogens with one attached hydrogen (secondary N) is 2. The van der Waals surface area contributed by atoms with Gasteiger partial charge in [0, 0.05) is 29.8 Å². The van der Waals surface area contributed by atoms with E-state index in [0.717, 1.165) is 11.3 Å². The number of quaternary nitrogens is 1. The Bertz CT molecular complexity index is 1730. The lowest BCUT2D eigenvalue weighted by atomic mass is 10.2. The molecule has 13 heteroatoms. The fourth-order valence-electron chi connectivity index (χ4n) is 4.00. The molecule has 0 aliphatic heterocycles. The predicted molar refractivity (Wildman–Crippen MR) is 151 cm³/mol. The lowest BCUT2D eigenvalue weighted by Gasteiger charge is -2.28. The van der Waals surface area contributed by atoms with Crippen LogP contribution in [0, 0.1) is 34.8 Å². The van der Waals surface area contributed by atoms with Crippen molar-refractivity contribution in [3.8, 4) is 24.7 Å². The molecule has 0 aliphatic carbocycles. The number of hydrogen-bond donors (Lipinski definition) is 2. The summed E-state index contributed by atoms with van der Waals surface area (Å²) >= 11 is 0. The molecule has 0 saturated heterocycles. The van der Waals surface area contributed by atoms with Gasteiger partial charge in [-0.05, 0) is 46.2 Å². The molecule has 0 spiro atoms. The zero-order valence-corrected chi connectivity index (χ0v) is 24.1. The highest BCUT2D eigenvalue weighted by Gasteiger charge is 2.30. The highest BCUT2D eigenvalue weighted by Crippen LogP contribution is 2.25. The molecular weight excluding hydrogens is 590 g/mol. The molecule has 41 heavy (non-hydrogen) atoms. The number of hydrogen-bond acceptors (Lipinski definition) is 8. The van der Waals surface area contributed by atoms with Gasteiger partial charge in [0.05, 0.1) is 32.4 Å². The minimum Gasteiger partial charge on any atom is -1.00 e. The van der Waals surface area contributed by atoms with Crippen molar-refractivity contribution >= 4 is 40.0 Å². The third kappa shape index (κ3) is 7.30. The number of imidazole rings is 1. The summed E-state index contributed by atoms with van der Waals surface area (Å²) in [6.45, 7) is 0.685. The first-order chi connectivity index (χ1) is 19.1. The molecule has 4 aromatic rings. The van der Waals surface area contributed by atoms with Gasteiger partial charge in [0.25, 0.3) is 5.82 Å². The Kier molecular flexibility index (Phi) is 9.52. The van der Waals surface area contributed by atoms with Crippen molar-refractivity contribution in [3.05, 3.63) is 82.2 Å². The molecule has 1 aromatic carbocycles. The van der Waals surface area contributed by atoms with Gasteiger partial charge in [-0.25, -0.2) is 15.0 Å². The van der Waals surface area contributed by atoms with Crippen LogP contribution in [0.5, 0.6) is 0 Å². The maximum absolute atomic E-state index is 12.6. The molecule has 3 heterocycles. The summed E-state index contributed by atoms with van der Waals surface area (Å²) in [6, 6.07) is 9.03. The molecule has 12 nitrogen and oxygen atoms in total. The van der Waals surface area contributed by atoms with Gasteiger partial charge >= 0.3 is 5.82 Å². The topological polar surface area (TPSA) is 141 Å². The number of fused-ring (bicyclic) bond motifs is 1. The van der Waals surface area contributed by atoms with Crippen LogP contribution in [0.4, 0.5) is 23.1 Å². The maximum atomic E-state index is 12.6. The van der Waals surface area contributed by atoms with Crippen LogP contribution in [0.3, 0.4) is 0 Å². The monoisotopic (exact) mass is 615 g/mol. The second kappa shape index (κ2) is 12.8. The van der Waals surface area contributed by atoms with E-state index in [2.05, 4.69) is 42.4 Å². The number of nitro groups is 1. The number of benzene rings is 1. The zero-order valence-electron chi connectivity index (χ0n) is 22.5. The van der Waals surface area contributed by atoms with E-state index in [1.165, 1.54) is 12.4 Å². The van der Waals surface area contributed by atoms with E-state index in [0.29, 0.717) is 39.3 Å². The lowest BCUT2D eigenvalue weighted by molar-refractivity contribution is -0.898. The van der Waals surface area contributed by atoms with Crippen molar-refractivity contribution in [1.82, 2.24) is 24.5 Å². The number of pyridine rings is 1. The summed E-state index contributed by atoms with van der Waals surface area (Å²) in [4.78, 5) is 40.3. The maximum Gasteiger partial charge on any atom is 0.392 e. The highest BCUT2D eigenvalue weighted by molar-refractivity contribution is 6.00. The van der Waals surface area contributed by atoms with Crippen molar-refractivity contribution in [2.24, 2.45) is 7.05 Å². The molecule has 0 aliphatic rings. The number of aromatic nitrogens is 5. The number of carbonyl (C=O) groups excluding carboxylic acids is 1. The molecule has 1 amide bonds. The first-order valence-corrected chi connectivity index (χ1v) is 12.0. The minimum atomic E-state index is -0.545. The Morgan fingerprint density at radius 3 is 2.68 bits per heavy atom. The smallest absolute Gasteiger partial charge is 0.392 e. The van der Waals surface area contributed by atoms with Crippen molar-refractivity contribution in [2.75, 3.05) is 31.3 Å². The van der Waals surface area contributed by atoms with Crippen LogP contribution in [-0.4, -0.2) is 60.5 Å². The summed E-state index contributed by atoms with van der Waals surface area (Å²) in [6.07, 6.45) is 17.0. The van der Waals surface area contributed by atoms with Crippen molar-refractivity contribution in [3.63, 3.8) is 0 Å². The quantitative estimate of drug-likeness (QED) is 0.0891. The van der Waals surface area contributed by atoms with E-state index >= 15 is 0 Å². The summed E-state index contributed by atoms with van der Waals surface area (Å²) < 4.78 is 1.86. The molecule has 2 N–H and O–H groups in total. The minimum absolute atomic E-state index is 0. The number of anilines is 3. The van der Waals surface area contributed by atoms with Crippen LogP contribution in [-0.2, 0) is 18.4 Å².